The summed E-state index contributed by atoms with van der Waals surface area (Å²) in [5, 5.41) is 3.17. The van der Waals surface area contributed by atoms with Crippen molar-refractivity contribution in [3.05, 3.63) is 24.3 Å². The highest BCUT2D eigenvalue weighted by molar-refractivity contribution is 6.02. The quantitative estimate of drug-likeness (QED) is 0.756. The van der Waals surface area contributed by atoms with Crippen molar-refractivity contribution in [3.63, 3.8) is 0 Å². The van der Waals surface area contributed by atoms with Crippen LogP contribution in [0.4, 0.5) is 11.4 Å². The van der Waals surface area contributed by atoms with Gasteiger partial charge in [0, 0.05) is 6.54 Å². The molecule has 1 N–H and O–H groups in total. The van der Waals surface area contributed by atoms with E-state index >= 15 is 0 Å². The molecule has 0 aliphatic carbocycles. The Morgan fingerprint density at radius 3 is 2.68 bits per heavy atom. The van der Waals surface area contributed by atoms with Crippen LogP contribution < -0.4 is 10.2 Å². The summed E-state index contributed by atoms with van der Waals surface area (Å²) in [6.45, 7) is 3.51. The second-order valence-electron chi connectivity index (χ2n) is 5.18. The van der Waals surface area contributed by atoms with E-state index in [0.717, 1.165) is 24.3 Å². The van der Waals surface area contributed by atoms with Crippen molar-refractivity contribution in [1.82, 2.24) is 0 Å². The van der Waals surface area contributed by atoms with E-state index in [1.165, 1.54) is 32.1 Å². The molecule has 3 nitrogen and oxygen atoms in total. The molecular formula is C16H24N2O. The van der Waals surface area contributed by atoms with Crippen LogP contribution in [0.1, 0.15) is 45.4 Å². The lowest BCUT2D eigenvalue weighted by atomic mass is 10.1. The van der Waals surface area contributed by atoms with E-state index in [1.54, 1.807) is 0 Å². The summed E-state index contributed by atoms with van der Waals surface area (Å²) in [4.78, 5) is 13.9. The highest BCUT2D eigenvalue weighted by atomic mass is 16.2. The lowest BCUT2D eigenvalue weighted by molar-refractivity contribution is -0.117. The van der Waals surface area contributed by atoms with Crippen molar-refractivity contribution in [3.8, 4) is 0 Å². The monoisotopic (exact) mass is 260 g/mol. The van der Waals surface area contributed by atoms with Gasteiger partial charge in [0.25, 0.3) is 0 Å². The number of carbonyl (C=O) groups excluding carboxylic acids is 1. The number of hydrogen-bond donors (Lipinski definition) is 1. The maximum atomic E-state index is 12.0. The maximum Gasteiger partial charge on any atom is 0.246 e. The molecule has 1 aromatic rings. The fraction of sp³-hybridized carbons (Fsp3) is 0.562. The highest BCUT2D eigenvalue weighted by Crippen LogP contribution is 2.29. The number of unbranched alkanes of at least 4 members (excludes halogenated alkanes) is 5. The van der Waals surface area contributed by atoms with Crippen molar-refractivity contribution in [2.24, 2.45) is 0 Å². The first-order chi connectivity index (χ1) is 9.33. The van der Waals surface area contributed by atoms with Gasteiger partial charge in [-0.2, -0.15) is 0 Å². The molecule has 0 unspecified atom stereocenters. The molecule has 1 aromatic carbocycles. The number of hydrogen-bond acceptors (Lipinski definition) is 2. The summed E-state index contributed by atoms with van der Waals surface area (Å²) in [5.41, 5.74) is 2.11. The van der Waals surface area contributed by atoms with Crippen LogP contribution >= 0.6 is 0 Å². The molecule has 0 aromatic heterocycles. The summed E-state index contributed by atoms with van der Waals surface area (Å²) in [6.07, 6.45) is 7.54. The normalized spacial score (nSPS) is 14.2. The third-order valence-corrected chi connectivity index (χ3v) is 3.66. The average Bonchev–Trinajstić information content (AvgIpc) is 2.44. The van der Waals surface area contributed by atoms with Crippen molar-refractivity contribution in [1.29, 1.82) is 0 Å². The second kappa shape index (κ2) is 7.17. The van der Waals surface area contributed by atoms with Gasteiger partial charge in [0.15, 0.2) is 0 Å². The highest BCUT2D eigenvalue weighted by Gasteiger charge is 2.22. The van der Waals surface area contributed by atoms with E-state index in [-0.39, 0.29) is 5.91 Å². The standard InChI is InChI=1S/C16H24N2O/c1-2-3-4-5-6-9-12-18-15-11-8-7-10-14(15)17-13-16(18)19/h7-8,10-11,17H,2-6,9,12-13H2,1H3. The molecule has 19 heavy (non-hydrogen) atoms. The van der Waals surface area contributed by atoms with E-state index in [0.29, 0.717) is 6.54 Å². The molecule has 0 atom stereocenters. The Hall–Kier alpha value is -1.51. The van der Waals surface area contributed by atoms with Crippen molar-refractivity contribution < 1.29 is 4.79 Å². The van der Waals surface area contributed by atoms with Crippen LogP contribution in [0, 0.1) is 0 Å². The number of benzene rings is 1. The van der Waals surface area contributed by atoms with E-state index in [4.69, 9.17) is 0 Å². The molecule has 1 amide bonds. The zero-order valence-electron chi connectivity index (χ0n) is 11.8. The van der Waals surface area contributed by atoms with E-state index in [2.05, 4.69) is 12.2 Å². The van der Waals surface area contributed by atoms with Gasteiger partial charge in [-0.3, -0.25) is 4.79 Å². The molecule has 1 aliphatic rings. The Bertz CT molecular complexity index is 417. The molecule has 1 aliphatic heterocycles. The molecule has 0 bridgehead atoms. The Kier molecular flexibility index (Phi) is 5.25. The number of carbonyl (C=O) groups is 1. The zero-order chi connectivity index (χ0) is 13.5. The molecule has 1 heterocycles. The van der Waals surface area contributed by atoms with Gasteiger partial charge >= 0.3 is 0 Å². The minimum Gasteiger partial charge on any atom is -0.374 e. The summed E-state index contributed by atoms with van der Waals surface area (Å²) >= 11 is 0. The van der Waals surface area contributed by atoms with Crippen LogP contribution in [0.5, 0.6) is 0 Å². The van der Waals surface area contributed by atoms with Gasteiger partial charge in [-0.15, -0.1) is 0 Å². The minimum absolute atomic E-state index is 0.187. The van der Waals surface area contributed by atoms with Crippen LogP contribution in [-0.2, 0) is 4.79 Å². The summed E-state index contributed by atoms with van der Waals surface area (Å²) in [5.74, 6) is 0.187. The molecule has 0 spiro atoms. The van der Waals surface area contributed by atoms with Crippen LogP contribution in [-0.4, -0.2) is 19.0 Å². The van der Waals surface area contributed by atoms with E-state index < -0.39 is 0 Å². The summed E-state index contributed by atoms with van der Waals surface area (Å²) in [7, 11) is 0. The number of amides is 1. The van der Waals surface area contributed by atoms with E-state index in [9.17, 15) is 4.79 Å². The Labute approximate surface area is 116 Å². The number of para-hydroxylation sites is 2. The van der Waals surface area contributed by atoms with Gasteiger partial charge in [-0.25, -0.2) is 0 Å². The smallest absolute Gasteiger partial charge is 0.246 e. The zero-order valence-corrected chi connectivity index (χ0v) is 11.8. The fourth-order valence-corrected chi connectivity index (χ4v) is 2.55. The molecule has 0 radical (unpaired) electrons. The van der Waals surface area contributed by atoms with Gasteiger partial charge < -0.3 is 10.2 Å². The van der Waals surface area contributed by atoms with E-state index in [1.807, 2.05) is 29.2 Å². The second-order valence-corrected chi connectivity index (χ2v) is 5.18. The number of rotatable bonds is 7. The Morgan fingerprint density at radius 2 is 1.84 bits per heavy atom. The van der Waals surface area contributed by atoms with Gasteiger partial charge in [-0.1, -0.05) is 51.2 Å². The van der Waals surface area contributed by atoms with Crippen LogP contribution in [0.25, 0.3) is 0 Å². The van der Waals surface area contributed by atoms with Crippen molar-refractivity contribution >= 4 is 17.3 Å². The molecular weight excluding hydrogens is 236 g/mol. The summed E-state index contributed by atoms with van der Waals surface area (Å²) in [6, 6.07) is 8.06. The number of nitrogens with zero attached hydrogens (tertiary/aromatic N) is 1. The predicted molar refractivity (Wildman–Crippen MR) is 80.7 cm³/mol. The maximum absolute atomic E-state index is 12.0. The van der Waals surface area contributed by atoms with Crippen LogP contribution in [0.3, 0.4) is 0 Å². The van der Waals surface area contributed by atoms with Crippen LogP contribution in [0.2, 0.25) is 0 Å². The Morgan fingerprint density at radius 1 is 1.11 bits per heavy atom. The molecule has 0 fully saturated rings. The first-order valence-corrected chi connectivity index (χ1v) is 7.46. The molecule has 2 rings (SSSR count). The minimum atomic E-state index is 0.187. The third kappa shape index (κ3) is 3.72. The molecule has 0 saturated heterocycles. The van der Waals surface area contributed by atoms with Crippen molar-refractivity contribution in [2.45, 2.75) is 45.4 Å². The van der Waals surface area contributed by atoms with Gasteiger partial charge in [-0.05, 0) is 18.6 Å². The first kappa shape index (κ1) is 13.9. The number of fused-ring (bicyclic) bond motifs is 1. The van der Waals surface area contributed by atoms with Crippen LogP contribution in [0.15, 0.2) is 24.3 Å². The van der Waals surface area contributed by atoms with Gasteiger partial charge in [0.05, 0.1) is 17.9 Å². The lowest BCUT2D eigenvalue weighted by Gasteiger charge is -2.30. The molecule has 104 valence electrons. The number of nitrogens with one attached hydrogen (secondary N) is 1. The SMILES string of the molecule is CCCCCCCCN1C(=O)CNc2ccccc21. The average molecular weight is 260 g/mol. The predicted octanol–water partition coefficient (Wildman–Crippen LogP) is 3.81. The first-order valence-electron chi connectivity index (χ1n) is 7.46. The van der Waals surface area contributed by atoms with Crippen molar-refractivity contribution in [2.75, 3.05) is 23.3 Å². The van der Waals surface area contributed by atoms with Gasteiger partial charge in [0.1, 0.15) is 0 Å². The third-order valence-electron chi connectivity index (χ3n) is 3.66. The Balaban J connectivity index is 1.84. The fourth-order valence-electron chi connectivity index (χ4n) is 2.55. The largest absolute Gasteiger partial charge is 0.374 e. The molecule has 0 saturated carbocycles. The molecule has 3 heteroatoms. The number of anilines is 2. The topological polar surface area (TPSA) is 32.3 Å². The van der Waals surface area contributed by atoms with Gasteiger partial charge in [0.2, 0.25) is 5.91 Å². The lowest BCUT2D eigenvalue weighted by Crippen LogP contribution is -2.40. The summed E-state index contributed by atoms with van der Waals surface area (Å²) < 4.78 is 0.